The van der Waals surface area contributed by atoms with Crippen molar-refractivity contribution in [1.82, 2.24) is 0 Å². The van der Waals surface area contributed by atoms with Crippen LogP contribution in [0.4, 0.5) is 13.2 Å². The molecular weight excluding hydrogens is 303 g/mol. The highest BCUT2D eigenvalue weighted by Gasteiger charge is 2.19. The monoisotopic (exact) mass is 315 g/mol. The topological polar surface area (TPSA) is 35.2 Å². The molecule has 1 unspecified atom stereocenters. The second kappa shape index (κ2) is 6.37. The second-order valence-electron chi connectivity index (χ2n) is 4.52. The lowest BCUT2D eigenvalue weighted by Gasteiger charge is -2.18. The van der Waals surface area contributed by atoms with E-state index < -0.39 is 18.5 Å². The molecule has 2 N–H and O–H groups in total. The minimum Gasteiger partial charge on any atom is -0.434 e. The predicted octanol–water partition coefficient (Wildman–Crippen LogP) is 4.44. The average Bonchev–Trinajstić information content (AvgIpc) is 2.42. The van der Waals surface area contributed by atoms with Crippen LogP contribution in [0, 0.1) is 12.7 Å². The van der Waals surface area contributed by atoms with Gasteiger partial charge in [0, 0.05) is 10.6 Å². The first-order valence-corrected chi connectivity index (χ1v) is 6.52. The van der Waals surface area contributed by atoms with Crippen molar-refractivity contribution in [2.24, 2.45) is 5.73 Å². The van der Waals surface area contributed by atoms with Crippen LogP contribution in [0.2, 0.25) is 5.02 Å². The van der Waals surface area contributed by atoms with Crippen LogP contribution in [0.5, 0.6) is 5.75 Å². The predicted molar refractivity (Wildman–Crippen MR) is 75.3 cm³/mol. The standard InChI is InChI=1S/C15H13ClF3NO/c1-8-6-10(11(16)7-12(8)17)14(20)9-4-2-3-5-13(9)21-15(18)19/h2-7,14-15H,20H2,1H3. The van der Waals surface area contributed by atoms with E-state index in [1.807, 2.05) is 0 Å². The number of hydrogen-bond acceptors (Lipinski definition) is 2. The minimum atomic E-state index is -2.95. The number of halogens is 4. The van der Waals surface area contributed by atoms with Crippen LogP contribution >= 0.6 is 11.6 Å². The Hall–Kier alpha value is -1.72. The molecule has 0 fully saturated rings. The molecule has 21 heavy (non-hydrogen) atoms. The van der Waals surface area contributed by atoms with E-state index in [9.17, 15) is 13.2 Å². The molecule has 0 bridgehead atoms. The fraction of sp³-hybridized carbons (Fsp3) is 0.200. The lowest BCUT2D eigenvalue weighted by molar-refractivity contribution is -0.0505. The highest BCUT2D eigenvalue weighted by atomic mass is 35.5. The summed E-state index contributed by atoms with van der Waals surface area (Å²) in [5.74, 6) is -0.480. The fourth-order valence-corrected chi connectivity index (χ4v) is 2.29. The van der Waals surface area contributed by atoms with Gasteiger partial charge in [-0.25, -0.2) is 4.39 Å². The van der Waals surface area contributed by atoms with E-state index >= 15 is 0 Å². The Morgan fingerprint density at radius 1 is 1.14 bits per heavy atom. The largest absolute Gasteiger partial charge is 0.434 e. The SMILES string of the molecule is Cc1cc(C(N)c2ccccc2OC(F)F)c(Cl)cc1F. The average molecular weight is 316 g/mol. The molecule has 0 amide bonds. The summed E-state index contributed by atoms with van der Waals surface area (Å²) < 4.78 is 42.7. The first-order valence-electron chi connectivity index (χ1n) is 6.15. The van der Waals surface area contributed by atoms with Crippen molar-refractivity contribution < 1.29 is 17.9 Å². The molecule has 1 atom stereocenters. The Morgan fingerprint density at radius 3 is 2.48 bits per heavy atom. The Morgan fingerprint density at radius 2 is 1.81 bits per heavy atom. The second-order valence-corrected chi connectivity index (χ2v) is 4.92. The summed E-state index contributed by atoms with van der Waals surface area (Å²) in [6.07, 6.45) is 0. The third kappa shape index (κ3) is 3.49. The van der Waals surface area contributed by atoms with E-state index in [2.05, 4.69) is 4.74 Å². The fourth-order valence-electron chi connectivity index (χ4n) is 2.03. The van der Waals surface area contributed by atoms with Gasteiger partial charge in [0.05, 0.1) is 6.04 Å². The smallest absolute Gasteiger partial charge is 0.387 e. The van der Waals surface area contributed by atoms with Crippen molar-refractivity contribution in [2.45, 2.75) is 19.6 Å². The summed E-state index contributed by atoms with van der Waals surface area (Å²) in [6.45, 7) is -1.38. The van der Waals surface area contributed by atoms with Gasteiger partial charge >= 0.3 is 6.61 Å². The maximum Gasteiger partial charge on any atom is 0.387 e. The van der Waals surface area contributed by atoms with Crippen molar-refractivity contribution in [2.75, 3.05) is 0 Å². The molecular formula is C15H13ClF3NO. The minimum absolute atomic E-state index is 0.0296. The Bertz CT molecular complexity index is 649. The molecule has 0 saturated carbocycles. The van der Waals surface area contributed by atoms with Crippen LogP contribution in [0.3, 0.4) is 0 Å². The van der Waals surface area contributed by atoms with Crippen LogP contribution < -0.4 is 10.5 Å². The first-order chi connectivity index (χ1) is 9.90. The quantitative estimate of drug-likeness (QED) is 0.905. The van der Waals surface area contributed by atoms with Crippen LogP contribution in [0.1, 0.15) is 22.7 Å². The van der Waals surface area contributed by atoms with Gasteiger partial charge in [0.25, 0.3) is 0 Å². The molecule has 2 aromatic rings. The number of ether oxygens (including phenoxy) is 1. The van der Waals surface area contributed by atoms with E-state index in [1.165, 1.54) is 12.1 Å². The van der Waals surface area contributed by atoms with Crippen molar-refractivity contribution >= 4 is 11.6 Å². The van der Waals surface area contributed by atoms with Gasteiger partial charge in [-0.3, -0.25) is 0 Å². The molecule has 2 rings (SSSR count). The highest BCUT2D eigenvalue weighted by Crippen LogP contribution is 2.33. The molecule has 0 aromatic heterocycles. The number of hydrogen-bond donors (Lipinski definition) is 1. The molecule has 112 valence electrons. The van der Waals surface area contributed by atoms with Crippen LogP contribution in [0.15, 0.2) is 36.4 Å². The van der Waals surface area contributed by atoms with Gasteiger partial charge in [0.2, 0.25) is 0 Å². The summed E-state index contributed by atoms with van der Waals surface area (Å²) in [5.41, 5.74) is 7.25. The molecule has 0 aliphatic carbocycles. The summed E-state index contributed by atoms with van der Waals surface area (Å²) in [5, 5.41) is 0.137. The molecule has 0 heterocycles. The third-order valence-electron chi connectivity index (χ3n) is 3.08. The lowest BCUT2D eigenvalue weighted by atomic mass is 9.97. The van der Waals surface area contributed by atoms with Crippen molar-refractivity contribution in [3.63, 3.8) is 0 Å². The number of rotatable bonds is 4. The number of aryl methyl sites for hydroxylation is 1. The van der Waals surface area contributed by atoms with Gasteiger partial charge < -0.3 is 10.5 Å². The van der Waals surface area contributed by atoms with Gasteiger partial charge in [0.15, 0.2) is 0 Å². The number of para-hydroxylation sites is 1. The molecule has 0 radical (unpaired) electrons. The van der Waals surface area contributed by atoms with Crippen molar-refractivity contribution in [3.05, 3.63) is 63.9 Å². The van der Waals surface area contributed by atoms with Gasteiger partial charge in [-0.05, 0) is 36.2 Å². The van der Waals surface area contributed by atoms with E-state index in [-0.39, 0.29) is 10.8 Å². The van der Waals surface area contributed by atoms with E-state index in [0.29, 0.717) is 16.7 Å². The number of benzene rings is 2. The van der Waals surface area contributed by atoms with Crippen LogP contribution in [-0.4, -0.2) is 6.61 Å². The van der Waals surface area contributed by atoms with Crippen LogP contribution in [0.25, 0.3) is 0 Å². The summed E-state index contributed by atoms with van der Waals surface area (Å²) >= 11 is 6.00. The molecule has 0 aliphatic heterocycles. The summed E-state index contributed by atoms with van der Waals surface area (Å²) in [4.78, 5) is 0. The lowest BCUT2D eigenvalue weighted by Crippen LogP contribution is -2.15. The van der Waals surface area contributed by atoms with Crippen molar-refractivity contribution in [1.29, 1.82) is 0 Å². The molecule has 2 nitrogen and oxygen atoms in total. The zero-order valence-corrected chi connectivity index (χ0v) is 11.9. The van der Waals surface area contributed by atoms with Crippen LogP contribution in [-0.2, 0) is 0 Å². The van der Waals surface area contributed by atoms with E-state index in [0.717, 1.165) is 6.07 Å². The van der Waals surface area contributed by atoms with E-state index in [4.69, 9.17) is 17.3 Å². The van der Waals surface area contributed by atoms with Crippen molar-refractivity contribution in [3.8, 4) is 5.75 Å². The van der Waals surface area contributed by atoms with E-state index in [1.54, 1.807) is 25.1 Å². The number of alkyl halides is 2. The summed E-state index contributed by atoms with van der Waals surface area (Å²) in [6, 6.07) is 8.03. The first kappa shape index (κ1) is 15.7. The van der Waals surface area contributed by atoms with Gasteiger partial charge in [-0.1, -0.05) is 29.8 Å². The molecule has 6 heteroatoms. The van der Waals surface area contributed by atoms with Gasteiger partial charge in [-0.15, -0.1) is 0 Å². The molecule has 2 aromatic carbocycles. The maximum absolute atomic E-state index is 13.4. The molecule has 0 aliphatic rings. The summed E-state index contributed by atoms with van der Waals surface area (Å²) in [7, 11) is 0. The number of nitrogens with two attached hydrogens (primary N) is 1. The maximum atomic E-state index is 13.4. The zero-order chi connectivity index (χ0) is 15.6. The molecule has 0 saturated heterocycles. The van der Waals surface area contributed by atoms with Gasteiger partial charge in [-0.2, -0.15) is 8.78 Å². The highest BCUT2D eigenvalue weighted by molar-refractivity contribution is 6.31. The van der Waals surface area contributed by atoms with Gasteiger partial charge in [0.1, 0.15) is 11.6 Å². The molecule has 0 spiro atoms. The Labute approximate surface area is 125 Å². The zero-order valence-electron chi connectivity index (χ0n) is 11.1. The Balaban J connectivity index is 2.45. The Kier molecular flexibility index (Phi) is 4.75. The third-order valence-corrected chi connectivity index (χ3v) is 3.41. The normalized spacial score (nSPS) is 12.5.